The normalized spacial score (nSPS) is 19.6. The lowest BCUT2D eigenvalue weighted by molar-refractivity contribution is -0.136. The Bertz CT molecular complexity index is 1400. The first-order valence-electron chi connectivity index (χ1n) is 15.9. The highest BCUT2D eigenvalue weighted by molar-refractivity contribution is 6.05. The van der Waals surface area contributed by atoms with Gasteiger partial charge in [-0.3, -0.25) is 24.6 Å². The summed E-state index contributed by atoms with van der Waals surface area (Å²) in [6.07, 6.45) is 2.20. The Labute approximate surface area is 265 Å². The fourth-order valence-corrected chi connectivity index (χ4v) is 6.04. The first-order chi connectivity index (χ1) is 21.5. The molecular formula is C34H45N5O6. The number of nitrogens with zero attached hydrogens (tertiary/aromatic N) is 3. The molecule has 2 fully saturated rings. The van der Waals surface area contributed by atoms with Gasteiger partial charge < -0.3 is 24.6 Å². The van der Waals surface area contributed by atoms with Gasteiger partial charge in [0.25, 0.3) is 5.91 Å². The number of alkyl carbamates (subject to hydrolysis) is 1. The van der Waals surface area contributed by atoms with Crippen molar-refractivity contribution in [1.82, 2.24) is 20.4 Å². The van der Waals surface area contributed by atoms with Crippen LogP contribution in [0.1, 0.15) is 80.9 Å². The molecule has 2 atom stereocenters. The second kappa shape index (κ2) is 13.9. The number of anilines is 1. The minimum Gasteiger partial charge on any atom is -0.494 e. The quantitative estimate of drug-likeness (QED) is 0.302. The van der Waals surface area contributed by atoms with Crippen molar-refractivity contribution in [3.63, 3.8) is 0 Å². The van der Waals surface area contributed by atoms with Crippen molar-refractivity contribution in [1.29, 1.82) is 0 Å². The van der Waals surface area contributed by atoms with E-state index >= 15 is 0 Å². The number of benzene rings is 2. The summed E-state index contributed by atoms with van der Waals surface area (Å²) in [7, 11) is 0. The molecule has 0 radical (unpaired) electrons. The molecular weight excluding hydrogens is 574 g/mol. The molecule has 1 unspecified atom stereocenters. The van der Waals surface area contributed by atoms with Gasteiger partial charge in [0, 0.05) is 50.4 Å². The average molecular weight is 620 g/mol. The third-order valence-electron chi connectivity index (χ3n) is 8.50. The summed E-state index contributed by atoms with van der Waals surface area (Å²) in [5.74, 6) is 0.0109. The molecule has 0 spiro atoms. The molecule has 2 N–H and O–H groups in total. The minimum atomic E-state index is -0.593. The zero-order valence-electron chi connectivity index (χ0n) is 26.8. The molecule has 242 valence electrons. The summed E-state index contributed by atoms with van der Waals surface area (Å²) in [4.78, 5) is 55.3. The zero-order valence-corrected chi connectivity index (χ0v) is 26.8. The Morgan fingerprint density at radius 3 is 2.44 bits per heavy atom. The lowest BCUT2D eigenvalue weighted by Gasteiger charge is -2.36. The van der Waals surface area contributed by atoms with Crippen LogP contribution in [0.2, 0.25) is 0 Å². The van der Waals surface area contributed by atoms with Gasteiger partial charge >= 0.3 is 6.09 Å². The van der Waals surface area contributed by atoms with E-state index < -0.39 is 17.7 Å². The Morgan fingerprint density at radius 1 is 1.02 bits per heavy atom. The van der Waals surface area contributed by atoms with Gasteiger partial charge in [-0.05, 0) is 95.0 Å². The van der Waals surface area contributed by atoms with Gasteiger partial charge in [0.1, 0.15) is 17.4 Å². The molecule has 11 heteroatoms. The minimum absolute atomic E-state index is 0.140. The van der Waals surface area contributed by atoms with Gasteiger partial charge in [-0.1, -0.05) is 12.1 Å². The topological polar surface area (TPSA) is 121 Å². The van der Waals surface area contributed by atoms with Crippen molar-refractivity contribution in [2.45, 2.75) is 77.6 Å². The van der Waals surface area contributed by atoms with E-state index in [-0.39, 0.29) is 30.2 Å². The van der Waals surface area contributed by atoms with Crippen LogP contribution in [0.25, 0.3) is 0 Å². The van der Waals surface area contributed by atoms with Crippen LogP contribution >= 0.6 is 0 Å². The molecule has 4 amide bonds. The summed E-state index contributed by atoms with van der Waals surface area (Å²) < 4.78 is 11.3. The van der Waals surface area contributed by atoms with Gasteiger partial charge in [0.05, 0.1) is 12.6 Å². The van der Waals surface area contributed by atoms with Crippen molar-refractivity contribution in [3.05, 3.63) is 59.2 Å². The first kappa shape index (κ1) is 32.3. The van der Waals surface area contributed by atoms with E-state index in [9.17, 15) is 19.2 Å². The number of carbonyl (C=O) groups excluding carboxylic acids is 4. The van der Waals surface area contributed by atoms with Crippen molar-refractivity contribution in [3.8, 4) is 5.75 Å². The molecule has 45 heavy (non-hydrogen) atoms. The number of fused-ring (bicyclic) bond motifs is 1. The van der Waals surface area contributed by atoms with Crippen molar-refractivity contribution >= 4 is 29.5 Å². The van der Waals surface area contributed by atoms with Gasteiger partial charge in [-0.2, -0.15) is 0 Å². The maximum Gasteiger partial charge on any atom is 0.408 e. The predicted octanol–water partition coefficient (Wildman–Crippen LogP) is 4.01. The average Bonchev–Trinajstić information content (AvgIpc) is 3.31. The van der Waals surface area contributed by atoms with E-state index in [1.807, 2.05) is 64.1 Å². The fraction of sp³-hybridized carbons (Fsp3) is 0.529. The summed E-state index contributed by atoms with van der Waals surface area (Å²) in [5, 5.41) is 5.22. The van der Waals surface area contributed by atoms with Crippen LogP contribution in [0.5, 0.6) is 5.75 Å². The van der Waals surface area contributed by atoms with E-state index in [2.05, 4.69) is 26.5 Å². The van der Waals surface area contributed by atoms with Crippen molar-refractivity contribution in [2.75, 3.05) is 44.2 Å². The molecule has 2 saturated heterocycles. The van der Waals surface area contributed by atoms with E-state index in [1.165, 1.54) is 0 Å². The Balaban J connectivity index is 0.996. The Hall–Kier alpha value is -4.12. The van der Waals surface area contributed by atoms with E-state index in [0.29, 0.717) is 25.1 Å². The number of ether oxygens (including phenoxy) is 2. The third-order valence-corrected chi connectivity index (χ3v) is 8.50. The Kier molecular flexibility index (Phi) is 9.96. The predicted molar refractivity (Wildman–Crippen MR) is 170 cm³/mol. The fourth-order valence-electron chi connectivity index (χ4n) is 6.04. The molecule has 2 aromatic rings. The van der Waals surface area contributed by atoms with Crippen LogP contribution in [-0.2, 0) is 20.9 Å². The number of piperazine rings is 1. The molecule has 2 aromatic carbocycles. The van der Waals surface area contributed by atoms with Crippen LogP contribution in [0, 0.1) is 0 Å². The third kappa shape index (κ3) is 8.33. The maximum absolute atomic E-state index is 13.0. The maximum atomic E-state index is 13.0. The summed E-state index contributed by atoms with van der Waals surface area (Å²) in [5.41, 5.74) is 3.13. The van der Waals surface area contributed by atoms with E-state index in [1.54, 1.807) is 4.90 Å². The van der Waals surface area contributed by atoms with Gasteiger partial charge in [0.15, 0.2) is 0 Å². The first-order valence-corrected chi connectivity index (χ1v) is 15.9. The number of hydrogen-bond acceptors (Lipinski definition) is 8. The summed E-state index contributed by atoms with van der Waals surface area (Å²) in [6.45, 7) is 13.3. The smallest absolute Gasteiger partial charge is 0.408 e. The SMILES string of the molecule is C[C@H](NC(=O)OC(C)(C)C)c1ccc(OCCCCN2CCN(c3ccc4c(c3)CN(C3CCC(=O)NC3=O)C4=O)CC2)cc1. The molecule has 11 nitrogen and oxygen atoms in total. The highest BCUT2D eigenvalue weighted by Gasteiger charge is 2.39. The second-order valence-corrected chi connectivity index (χ2v) is 13.1. The molecule has 0 saturated carbocycles. The van der Waals surface area contributed by atoms with E-state index in [4.69, 9.17) is 9.47 Å². The molecule has 3 heterocycles. The van der Waals surface area contributed by atoms with Crippen LogP contribution in [-0.4, -0.2) is 84.6 Å². The number of piperidine rings is 1. The highest BCUT2D eigenvalue weighted by Crippen LogP contribution is 2.31. The number of unbranched alkanes of at least 4 members (excludes halogenated alkanes) is 1. The molecule has 0 aliphatic carbocycles. The molecule has 0 bridgehead atoms. The number of carbonyl (C=O) groups is 4. The molecule has 3 aliphatic rings. The Morgan fingerprint density at radius 2 is 1.76 bits per heavy atom. The van der Waals surface area contributed by atoms with Crippen LogP contribution in [0.4, 0.5) is 10.5 Å². The van der Waals surface area contributed by atoms with E-state index in [0.717, 1.165) is 68.1 Å². The summed E-state index contributed by atoms with van der Waals surface area (Å²) >= 11 is 0. The summed E-state index contributed by atoms with van der Waals surface area (Å²) in [6, 6.07) is 13.0. The number of hydrogen-bond donors (Lipinski definition) is 2. The number of rotatable bonds is 10. The van der Waals surface area contributed by atoms with Crippen LogP contribution in [0.15, 0.2) is 42.5 Å². The molecule has 3 aliphatic heterocycles. The van der Waals surface area contributed by atoms with Crippen molar-refractivity contribution < 1.29 is 28.7 Å². The second-order valence-electron chi connectivity index (χ2n) is 13.1. The van der Waals surface area contributed by atoms with Gasteiger partial charge in [-0.15, -0.1) is 0 Å². The number of imide groups is 1. The number of nitrogens with one attached hydrogen (secondary N) is 2. The van der Waals surface area contributed by atoms with Crippen LogP contribution in [0.3, 0.4) is 0 Å². The monoisotopic (exact) mass is 619 g/mol. The molecule has 5 rings (SSSR count). The number of amides is 4. The lowest BCUT2D eigenvalue weighted by atomic mass is 10.0. The lowest BCUT2D eigenvalue weighted by Crippen LogP contribution is -2.52. The van der Waals surface area contributed by atoms with Gasteiger partial charge in [0.2, 0.25) is 11.8 Å². The van der Waals surface area contributed by atoms with Crippen molar-refractivity contribution in [2.24, 2.45) is 0 Å². The molecule has 0 aromatic heterocycles. The van der Waals surface area contributed by atoms with Crippen LogP contribution < -0.4 is 20.3 Å². The largest absolute Gasteiger partial charge is 0.494 e. The zero-order chi connectivity index (χ0) is 32.1. The standard InChI is InChI=1S/C34H45N5O6/c1-23(35-33(43)45-34(2,3)4)24-7-10-27(11-8-24)44-20-6-5-15-37-16-18-38(19-17-37)26-9-12-28-25(21-26)22-39(32(28)42)29-13-14-30(40)36-31(29)41/h7-12,21,23,29H,5-6,13-20,22H2,1-4H3,(H,35,43)(H,36,40,41)/t23-,29?/m0/s1. The van der Waals surface area contributed by atoms with Gasteiger partial charge in [-0.25, -0.2) is 4.79 Å². The highest BCUT2D eigenvalue weighted by atomic mass is 16.6.